The number of esters is 5. The number of amides is 1. The van der Waals surface area contributed by atoms with E-state index in [1.807, 2.05) is 189 Å². The summed E-state index contributed by atoms with van der Waals surface area (Å²) < 4.78 is 114. The molecule has 4 heterocycles. The van der Waals surface area contributed by atoms with E-state index in [1.165, 1.54) is 6.26 Å². The molecule has 0 aromatic heterocycles. The molecule has 4 aliphatic rings. The van der Waals surface area contributed by atoms with Gasteiger partial charge in [0.25, 0.3) is 14.1 Å². The summed E-state index contributed by atoms with van der Waals surface area (Å²) in [6.07, 6.45) is -24.1. The summed E-state index contributed by atoms with van der Waals surface area (Å²) >= 11 is 0. The molecule has 0 unspecified atom stereocenters. The summed E-state index contributed by atoms with van der Waals surface area (Å²) in [7, 11) is -3.48. The molecule has 0 bridgehead atoms. The fraction of sp³-hybridized carbons (Fsp3) is 0.432. The van der Waals surface area contributed by atoms with Crippen molar-refractivity contribution in [3.8, 4) is 0 Å². The molecule has 26 nitrogen and oxygen atoms in total. The van der Waals surface area contributed by atoms with Crippen LogP contribution in [-0.2, 0) is 142 Å². The van der Waals surface area contributed by atoms with Crippen LogP contribution in [0, 0.1) is 0 Å². The lowest BCUT2D eigenvalue weighted by atomic mass is 9.87. The van der Waals surface area contributed by atoms with Gasteiger partial charge in [0.05, 0.1) is 64.5 Å². The van der Waals surface area contributed by atoms with Crippen LogP contribution in [0.3, 0.4) is 0 Å². The first-order chi connectivity index (χ1) is 55.4. The number of carbonyl (C=O) groups excluding carboxylic acids is 6. The molecule has 3 N–H and O–H groups in total. The van der Waals surface area contributed by atoms with Crippen molar-refractivity contribution in [1.29, 1.82) is 0 Å². The van der Waals surface area contributed by atoms with Gasteiger partial charge < -0.3 is 95.7 Å². The summed E-state index contributed by atoms with van der Waals surface area (Å²) in [6.45, 7) is 11.9. The van der Waals surface area contributed by atoms with Crippen molar-refractivity contribution in [2.45, 2.75) is 223 Å². The van der Waals surface area contributed by atoms with Crippen molar-refractivity contribution < 1.29 is 119 Å². The van der Waals surface area contributed by atoms with Crippen LogP contribution in [-0.4, -0.2) is 190 Å². The maximum atomic E-state index is 15.9. The van der Waals surface area contributed by atoms with Crippen LogP contribution in [0.5, 0.6) is 0 Å². The average molecular weight is 1600 g/mol. The largest absolute Gasteiger partial charge is 0.493 e. The highest BCUT2D eigenvalue weighted by Gasteiger charge is 2.63. The second kappa shape index (κ2) is 40.9. The maximum Gasteiger partial charge on any atom is 0.367 e. The van der Waals surface area contributed by atoms with E-state index in [0.717, 1.165) is 67.2 Å². The van der Waals surface area contributed by atoms with E-state index in [0.29, 0.717) is 5.56 Å². The Bertz CT molecular complexity index is 4210. The predicted molar refractivity (Wildman–Crippen MR) is 418 cm³/mol. The van der Waals surface area contributed by atoms with Crippen molar-refractivity contribution >= 4 is 54.4 Å². The topological polar surface area (TPSA) is 312 Å². The highest BCUT2D eigenvalue weighted by molar-refractivity contribution is 6.99. The van der Waals surface area contributed by atoms with Crippen LogP contribution < -0.4 is 15.7 Å². The number of ether oxygens (including phenoxy) is 16. The molecule has 19 atom stereocenters. The molecule has 3 saturated heterocycles. The quantitative estimate of drug-likeness (QED) is 0.0190. The third-order valence-corrected chi connectivity index (χ3v) is 25.1. The molecule has 0 spiro atoms. The van der Waals surface area contributed by atoms with Crippen molar-refractivity contribution in [2.24, 2.45) is 0 Å². The van der Waals surface area contributed by atoms with Gasteiger partial charge in [-0.3, -0.25) is 24.0 Å². The van der Waals surface area contributed by atoms with Gasteiger partial charge in [0.15, 0.2) is 24.8 Å². The van der Waals surface area contributed by atoms with Gasteiger partial charge in [-0.15, -0.1) is 0 Å². The molecule has 0 aliphatic carbocycles. The predicted octanol–water partition coefficient (Wildman–Crippen LogP) is 8.89. The van der Waals surface area contributed by atoms with Gasteiger partial charge in [-0.2, -0.15) is 0 Å². The second-order valence-electron chi connectivity index (χ2n) is 29.8. The molecule has 0 radical (unpaired) electrons. The Morgan fingerprint density at radius 1 is 0.522 bits per heavy atom. The van der Waals surface area contributed by atoms with E-state index in [9.17, 15) is 34.2 Å². The summed E-state index contributed by atoms with van der Waals surface area (Å²) in [4.78, 5) is 82.2. The van der Waals surface area contributed by atoms with Gasteiger partial charge in [-0.1, -0.05) is 233 Å². The van der Waals surface area contributed by atoms with E-state index in [4.69, 9.17) is 80.2 Å². The third kappa shape index (κ3) is 22.8. The molecule has 7 aromatic rings. The minimum atomic E-state index is -3.48. The summed E-state index contributed by atoms with van der Waals surface area (Å²) in [6, 6.07) is 64.8. The van der Waals surface area contributed by atoms with Crippen LogP contribution in [0.4, 0.5) is 0 Å². The van der Waals surface area contributed by atoms with E-state index < -0.39 is 191 Å². The van der Waals surface area contributed by atoms with Gasteiger partial charge in [-0.25, -0.2) is 4.79 Å². The molecule has 0 saturated carbocycles. The number of aliphatic hydroxyl groups excluding tert-OH is 2. The van der Waals surface area contributed by atoms with E-state index in [1.54, 1.807) is 36.4 Å². The SMILES string of the molecule is CC(=O)N[C@H]1[C@H]([C@@H](OC(C)=O)[C@@H](COC(C)=O)OC(C)=O)O[C@@](O[C@H]2[C@@H](O)[C@@H](COCc3ccccc3)O[C@@H](O[C@H]3[C@H](O[C@@H]4O[C@@H](C)[C@@H](OCc5ccccc5)[C@@H](OCc5ccccc5)[C@@H]4OCc4ccccc4)C=CO[C@@H]3CO[Si](c3ccccc3)(c3ccccc3)C(C)(C)C)[C@@H]2O)(C(=O)OCc2ccccc2)C[C@@H]1OC(C)=O. The normalized spacial score (nSPS) is 26.7. The molecule has 7 aromatic carbocycles. The van der Waals surface area contributed by atoms with E-state index >= 15 is 4.79 Å². The van der Waals surface area contributed by atoms with Gasteiger partial charge in [0, 0.05) is 34.6 Å². The average Bonchev–Trinajstić information content (AvgIpc) is 0.747. The molecule has 27 heteroatoms. The minimum absolute atomic E-state index is 0.0308. The van der Waals surface area contributed by atoms with Crippen molar-refractivity contribution in [3.05, 3.63) is 252 Å². The van der Waals surface area contributed by atoms with E-state index in [2.05, 4.69) is 26.1 Å². The Hall–Kier alpha value is -9.40. The monoisotopic (exact) mass is 1600 g/mol. The van der Waals surface area contributed by atoms with Gasteiger partial charge >= 0.3 is 29.8 Å². The zero-order chi connectivity index (χ0) is 81.7. The molecular formula is C88H103NO25Si. The van der Waals surface area contributed by atoms with Crippen LogP contribution in [0.25, 0.3) is 0 Å². The Labute approximate surface area is 670 Å². The zero-order valence-electron chi connectivity index (χ0n) is 65.9. The van der Waals surface area contributed by atoms with Crippen LogP contribution in [0.15, 0.2) is 225 Å². The smallest absolute Gasteiger partial charge is 0.367 e. The maximum absolute atomic E-state index is 15.9. The van der Waals surface area contributed by atoms with Crippen molar-refractivity contribution in [2.75, 3.05) is 19.8 Å². The van der Waals surface area contributed by atoms with Crippen molar-refractivity contribution in [1.82, 2.24) is 5.32 Å². The molecule has 115 heavy (non-hydrogen) atoms. The third-order valence-electron chi connectivity index (χ3n) is 20.1. The Morgan fingerprint density at radius 2 is 1.02 bits per heavy atom. The first-order valence-corrected chi connectivity index (χ1v) is 40.4. The number of carbonyl (C=O) groups is 6. The number of hydrogen-bond donors (Lipinski definition) is 3. The van der Waals surface area contributed by atoms with Crippen molar-refractivity contribution in [3.63, 3.8) is 0 Å². The molecule has 11 rings (SSSR count). The lowest BCUT2D eigenvalue weighted by Gasteiger charge is -2.51. The summed E-state index contributed by atoms with van der Waals surface area (Å²) in [5, 5.41) is 30.8. The molecule has 4 aliphatic heterocycles. The number of hydrogen-bond acceptors (Lipinski definition) is 25. The van der Waals surface area contributed by atoms with Gasteiger partial charge in [0.2, 0.25) is 5.91 Å². The molecule has 1 amide bonds. The first-order valence-electron chi connectivity index (χ1n) is 38.5. The lowest BCUT2D eigenvalue weighted by molar-refractivity contribution is -0.381. The highest BCUT2D eigenvalue weighted by Crippen LogP contribution is 2.43. The second-order valence-corrected chi connectivity index (χ2v) is 34.1. The van der Waals surface area contributed by atoms with Gasteiger partial charge in [-0.05, 0) is 56.2 Å². The number of benzene rings is 7. The number of nitrogens with one attached hydrogen (secondary N) is 1. The fourth-order valence-corrected chi connectivity index (χ4v) is 19.4. The standard InChI is InChI=1S/C88H103NO25Si/c1-56-77(101-49-63-33-19-11-20-34-63)82(102-50-64-35-21-12-22-36-64)83(103-51-65-37-23-13-24-38-65)85(106-56)110-69-45-46-99-72(55-105-115(87(7,8)9,67-41-27-15-28-42-67)68-43-29-16-30-44-68)78(69)112-84-76(96)81(75(95)71(111-84)53-98-48-62-31-17-10-18-32-62)114-88(86(97)104-52-66-39-25-14-26-40-66)47-70(107-59(4)92)74(89-57(2)90)80(113-88)79(109-61(6)94)73(108-60(5)93)54-100-58(3)91/h10-46,56,69-85,95-96H,47-55H2,1-9H3,(H,89,90)/t56-,69+,70-,71+,72+,73+,74+,75-,76+,77+,78-,79-,80+,81-,82+,83-,84-,85-,88-/m0/s1. The Balaban J connectivity index is 1.05. The zero-order valence-corrected chi connectivity index (χ0v) is 66.9. The summed E-state index contributed by atoms with van der Waals surface area (Å²) in [5.41, 5.74) is 3.78. The fourth-order valence-electron chi connectivity index (χ4n) is 14.9. The van der Waals surface area contributed by atoms with Crippen LogP contribution in [0.1, 0.15) is 96.6 Å². The number of aliphatic hydroxyl groups is 2. The highest BCUT2D eigenvalue weighted by atomic mass is 28.4. The molecular weight excluding hydrogens is 1500 g/mol. The van der Waals surface area contributed by atoms with E-state index in [-0.39, 0.29) is 33.0 Å². The van der Waals surface area contributed by atoms with Crippen LogP contribution in [0.2, 0.25) is 5.04 Å². The minimum Gasteiger partial charge on any atom is -0.493 e. The number of rotatable bonds is 35. The first kappa shape index (κ1) is 86.5. The van der Waals surface area contributed by atoms with Gasteiger partial charge in [0.1, 0.15) is 86.5 Å². The van der Waals surface area contributed by atoms with Crippen LogP contribution >= 0.6 is 0 Å². The summed E-state index contributed by atoms with van der Waals surface area (Å²) in [5.74, 6) is -9.04. The molecule has 614 valence electrons. The Morgan fingerprint density at radius 3 is 1.51 bits per heavy atom. The lowest BCUT2D eigenvalue weighted by Crippen LogP contribution is -2.71. The Kier molecular flexibility index (Phi) is 30.8. The molecule has 3 fully saturated rings.